The van der Waals surface area contributed by atoms with Gasteiger partial charge in [-0.3, -0.25) is 4.99 Å². The Morgan fingerprint density at radius 1 is 1.56 bits per heavy atom. The molecule has 0 N–H and O–H groups in total. The molecular weight excluding hydrogens is 222 g/mol. The average Bonchev–Trinajstić information content (AvgIpc) is 2.81. The summed E-state index contributed by atoms with van der Waals surface area (Å²) >= 11 is 6.23. The fourth-order valence-corrected chi connectivity index (χ4v) is 2.26. The summed E-state index contributed by atoms with van der Waals surface area (Å²) < 4.78 is 0. The number of carbonyl (C=O) groups is 1. The Morgan fingerprint density at radius 3 is 2.94 bits per heavy atom. The number of aldehydes is 1. The number of aliphatic imine (C=N–C) groups is 1. The van der Waals surface area contributed by atoms with E-state index in [0.717, 1.165) is 35.4 Å². The van der Waals surface area contributed by atoms with Crippen LogP contribution in [0.25, 0.3) is 0 Å². The first-order chi connectivity index (χ1) is 7.72. The van der Waals surface area contributed by atoms with Gasteiger partial charge in [0.1, 0.15) is 6.29 Å². The summed E-state index contributed by atoms with van der Waals surface area (Å²) in [6.45, 7) is 2.75. The van der Waals surface area contributed by atoms with E-state index in [1.165, 1.54) is 0 Å². The van der Waals surface area contributed by atoms with Gasteiger partial charge in [0.2, 0.25) is 0 Å². The summed E-state index contributed by atoms with van der Waals surface area (Å²) in [6, 6.07) is 5.88. The quantitative estimate of drug-likeness (QED) is 0.740. The van der Waals surface area contributed by atoms with Crippen molar-refractivity contribution in [1.82, 2.24) is 0 Å². The third kappa shape index (κ3) is 2.17. The lowest BCUT2D eigenvalue weighted by atomic mass is 9.94. The average molecular weight is 236 g/mol. The molecule has 0 radical (unpaired) electrons. The van der Waals surface area contributed by atoms with Crippen molar-refractivity contribution in [2.24, 2.45) is 4.99 Å². The van der Waals surface area contributed by atoms with Crippen molar-refractivity contribution in [3.05, 3.63) is 34.3 Å². The molecule has 2 rings (SSSR count). The maximum Gasteiger partial charge on any atom is 0.127 e. The molecule has 0 spiro atoms. The van der Waals surface area contributed by atoms with Crippen LogP contribution in [0.3, 0.4) is 0 Å². The zero-order valence-electron chi connectivity index (χ0n) is 9.19. The molecular formula is C13H14ClNO. The van der Waals surface area contributed by atoms with Crippen molar-refractivity contribution in [3.63, 3.8) is 0 Å². The fraction of sp³-hybridized carbons (Fsp3) is 0.385. The van der Waals surface area contributed by atoms with Crippen molar-refractivity contribution in [2.45, 2.75) is 25.2 Å². The molecule has 1 aromatic carbocycles. The minimum atomic E-state index is -0.0937. The SMILES string of the molecule is CC(C=O)c1ccc(C2C=NCC2)c(Cl)c1. The molecule has 2 atom stereocenters. The third-order valence-corrected chi connectivity index (χ3v) is 3.34. The predicted octanol–water partition coefficient (Wildman–Crippen LogP) is 3.20. The van der Waals surface area contributed by atoms with Gasteiger partial charge < -0.3 is 4.79 Å². The number of rotatable bonds is 3. The Labute approximate surface area is 100 Å². The van der Waals surface area contributed by atoms with E-state index in [-0.39, 0.29) is 5.92 Å². The molecule has 0 saturated heterocycles. The minimum Gasteiger partial charge on any atom is -0.303 e. The van der Waals surface area contributed by atoms with E-state index in [4.69, 9.17) is 11.6 Å². The summed E-state index contributed by atoms with van der Waals surface area (Å²) in [6.07, 6.45) is 3.93. The van der Waals surface area contributed by atoms with E-state index in [0.29, 0.717) is 5.92 Å². The summed E-state index contributed by atoms with van der Waals surface area (Å²) in [5.74, 6) is 0.247. The van der Waals surface area contributed by atoms with Crippen molar-refractivity contribution < 1.29 is 4.79 Å². The van der Waals surface area contributed by atoms with Gasteiger partial charge in [-0.05, 0) is 23.6 Å². The molecule has 2 unspecified atom stereocenters. The number of halogens is 1. The van der Waals surface area contributed by atoms with E-state index in [1.807, 2.05) is 31.3 Å². The highest BCUT2D eigenvalue weighted by molar-refractivity contribution is 6.31. The van der Waals surface area contributed by atoms with Crippen LogP contribution in [0.15, 0.2) is 23.2 Å². The molecule has 0 bridgehead atoms. The van der Waals surface area contributed by atoms with Crippen LogP contribution < -0.4 is 0 Å². The van der Waals surface area contributed by atoms with Crippen LogP contribution in [0.2, 0.25) is 5.02 Å². The maximum absolute atomic E-state index is 10.7. The van der Waals surface area contributed by atoms with Crippen LogP contribution in [0, 0.1) is 0 Å². The lowest BCUT2D eigenvalue weighted by molar-refractivity contribution is -0.108. The summed E-state index contributed by atoms with van der Waals surface area (Å²) in [4.78, 5) is 14.9. The van der Waals surface area contributed by atoms with Crippen LogP contribution in [0.4, 0.5) is 0 Å². The van der Waals surface area contributed by atoms with E-state index >= 15 is 0 Å². The standard InChI is InChI=1S/C13H14ClNO/c1-9(8-16)10-2-3-12(13(14)6-10)11-4-5-15-7-11/h2-3,6-9,11H,4-5H2,1H3. The van der Waals surface area contributed by atoms with Gasteiger partial charge in [-0.2, -0.15) is 0 Å². The van der Waals surface area contributed by atoms with Gasteiger partial charge >= 0.3 is 0 Å². The van der Waals surface area contributed by atoms with Crippen LogP contribution in [-0.4, -0.2) is 19.0 Å². The van der Waals surface area contributed by atoms with Crippen LogP contribution in [0.1, 0.15) is 36.3 Å². The fourth-order valence-electron chi connectivity index (χ4n) is 1.93. The maximum atomic E-state index is 10.7. The predicted molar refractivity (Wildman–Crippen MR) is 66.6 cm³/mol. The van der Waals surface area contributed by atoms with E-state index in [2.05, 4.69) is 4.99 Å². The van der Waals surface area contributed by atoms with Crippen LogP contribution in [0.5, 0.6) is 0 Å². The van der Waals surface area contributed by atoms with Gasteiger partial charge in [0, 0.05) is 29.6 Å². The second kappa shape index (κ2) is 4.79. The minimum absolute atomic E-state index is 0.0937. The highest BCUT2D eigenvalue weighted by Crippen LogP contribution is 2.30. The van der Waals surface area contributed by atoms with E-state index in [9.17, 15) is 4.79 Å². The van der Waals surface area contributed by atoms with Gasteiger partial charge in [-0.1, -0.05) is 30.7 Å². The van der Waals surface area contributed by atoms with Crippen molar-refractivity contribution in [2.75, 3.05) is 6.54 Å². The Morgan fingerprint density at radius 2 is 2.38 bits per heavy atom. The Kier molecular flexibility index (Phi) is 3.39. The van der Waals surface area contributed by atoms with Gasteiger partial charge in [-0.25, -0.2) is 0 Å². The van der Waals surface area contributed by atoms with Crippen LogP contribution >= 0.6 is 11.6 Å². The zero-order chi connectivity index (χ0) is 11.5. The molecule has 0 aliphatic carbocycles. The molecule has 3 heteroatoms. The highest BCUT2D eigenvalue weighted by atomic mass is 35.5. The monoisotopic (exact) mass is 235 g/mol. The summed E-state index contributed by atoms with van der Waals surface area (Å²) in [5.41, 5.74) is 2.09. The van der Waals surface area contributed by atoms with Crippen molar-refractivity contribution in [3.8, 4) is 0 Å². The number of hydrogen-bond donors (Lipinski definition) is 0. The van der Waals surface area contributed by atoms with Gasteiger partial charge in [-0.15, -0.1) is 0 Å². The number of benzene rings is 1. The molecule has 2 nitrogen and oxygen atoms in total. The molecule has 0 amide bonds. The van der Waals surface area contributed by atoms with Gasteiger partial charge in [0.15, 0.2) is 0 Å². The smallest absolute Gasteiger partial charge is 0.127 e. The topological polar surface area (TPSA) is 29.4 Å². The largest absolute Gasteiger partial charge is 0.303 e. The highest BCUT2D eigenvalue weighted by Gasteiger charge is 2.17. The van der Waals surface area contributed by atoms with Gasteiger partial charge in [0.25, 0.3) is 0 Å². The molecule has 1 aliphatic rings. The lowest BCUT2D eigenvalue weighted by Gasteiger charge is -2.12. The van der Waals surface area contributed by atoms with E-state index in [1.54, 1.807) is 0 Å². The lowest BCUT2D eigenvalue weighted by Crippen LogP contribution is -2.00. The van der Waals surface area contributed by atoms with E-state index < -0.39 is 0 Å². The van der Waals surface area contributed by atoms with Gasteiger partial charge in [0.05, 0.1) is 0 Å². The molecule has 84 valence electrons. The number of nitrogens with zero attached hydrogens (tertiary/aromatic N) is 1. The second-order valence-corrected chi connectivity index (χ2v) is 4.56. The molecule has 1 aliphatic heterocycles. The van der Waals surface area contributed by atoms with Crippen LogP contribution in [-0.2, 0) is 4.79 Å². The van der Waals surface area contributed by atoms with Crippen molar-refractivity contribution >= 4 is 24.1 Å². The molecule has 16 heavy (non-hydrogen) atoms. The third-order valence-electron chi connectivity index (χ3n) is 3.01. The molecule has 0 saturated carbocycles. The first kappa shape index (κ1) is 11.3. The Hall–Kier alpha value is -1.15. The Balaban J connectivity index is 2.29. The number of carbonyl (C=O) groups excluding carboxylic acids is 1. The first-order valence-corrected chi connectivity index (χ1v) is 5.84. The first-order valence-electron chi connectivity index (χ1n) is 5.47. The number of hydrogen-bond acceptors (Lipinski definition) is 2. The molecule has 1 heterocycles. The van der Waals surface area contributed by atoms with Crippen molar-refractivity contribution in [1.29, 1.82) is 0 Å². The summed E-state index contributed by atoms with van der Waals surface area (Å²) in [7, 11) is 0. The molecule has 0 aromatic heterocycles. The molecule has 1 aromatic rings. The normalized spacial score (nSPS) is 21.0. The summed E-state index contributed by atoms with van der Waals surface area (Å²) in [5, 5.41) is 0.740. The Bertz CT molecular complexity index is 428. The second-order valence-electron chi connectivity index (χ2n) is 4.16. The zero-order valence-corrected chi connectivity index (χ0v) is 9.95. The molecule has 0 fully saturated rings.